The highest BCUT2D eigenvalue weighted by atomic mass is 16.2. The van der Waals surface area contributed by atoms with Gasteiger partial charge in [-0.2, -0.15) is 0 Å². The van der Waals surface area contributed by atoms with Gasteiger partial charge in [-0.05, 0) is 30.7 Å². The number of para-hydroxylation sites is 1. The van der Waals surface area contributed by atoms with Gasteiger partial charge in [0.25, 0.3) is 5.91 Å². The Labute approximate surface area is 152 Å². The molecule has 0 aliphatic rings. The average molecular weight is 347 g/mol. The van der Waals surface area contributed by atoms with Crippen molar-refractivity contribution in [1.82, 2.24) is 9.99 Å². The number of nitrogens with zero attached hydrogens (tertiary/aromatic N) is 2. The van der Waals surface area contributed by atoms with E-state index in [0.717, 1.165) is 11.3 Å². The summed E-state index contributed by atoms with van der Waals surface area (Å²) in [5.74, 6) is -0.330. The number of ketones is 1. The van der Waals surface area contributed by atoms with Gasteiger partial charge in [0, 0.05) is 18.8 Å². The van der Waals surface area contributed by atoms with Crippen molar-refractivity contribution in [2.24, 2.45) is 7.05 Å². The normalized spacial score (nSPS) is 10.4. The van der Waals surface area contributed by atoms with E-state index in [-0.39, 0.29) is 11.7 Å². The van der Waals surface area contributed by atoms with Crippen LogP contribution in [0, 0.1) is 0 Å². The van der Waals surface area contributed by atoms with Crippen LogP contribution in [0.2, 0.25) is 0 Å². The molecule has 1 heterocycles. The van der Waals surface area contributed by atoms with Crippen LogP contribution < -0.4 is 10.4 Å². The Bertz CT molecular complexity index is 902. The summed E-state index contributed by atoms with van der Waals surface area (Å²) in [5, 5.41) is 1.80. The molecule has 0 fully saturated rings. The molecule has 5 heteroatoms. The van der Waals surface area contributed by atoms with Crippen molar-refractivity contribution in [3.05, 3.63) is 89.7 Å². The first-order valence-corrected chi connectivity index (χ1v) is 8.39. The number of aromatic nitrogens is 1. The summed E-state index contributed by atoms with van der Waals surface area (Å²) in [7, 11) is 1.76. The molecule has 0 radical (unpaired) electrons. The van der Waals surface area contributed by atoms with Gasteiger partial charge >= 0.3 is 0 Å². The molecule has 0 unspecified atom stereocenters. The van der Waals surface area contributed by atoms with Crippen LogP contribution in [0.15, 0.2) is 72.9 Å². The Morgan fingerprint density at radius 3 is 2.19 bits per heavy atom. The fourth-order valence-electron chi connectivity index (χ4n) is 2.73. The first-order chi connectivity index (χ1) is 12.5. The third-order valence-corrected chi connectivity index (χ3v) is 4.13. The molecule has 1 amide bonds. The number of nitrogens with one attached hydrogen (secondary N) is 1. The van der Waals surface area contributed by atoms with E-state index in [1.54, 1.807) is 28.9 Å². The number of rotatable bonds is 6. The summed E-state index contributed by atoms with van der Waals surface area (Å²) in [6.45, 7) is 2.02. The molecular formula is C21H21N3O2. The maximum absolute atomic E-state index is 12.8. The second-order valence-corrected chi connectivity index (χ2v) is 6.13. The molecule has 2 aromatic carbocycles. The Morgan fingerprint density at radius 1 is 1.00 bits per heavy atom. The molecule has 0 bridgehead atoms. The summed E-state index contributed by atoms with van der Waals surface area (Å²) in [6, 6.07) is 21.2. The molecule has 3 rings (SSSR count). The van der Waals surface area contributed by atoms with Crippen molar-refractivity contribution in [1.29, 1.82) is 0 Å². The molecule has 3 aromatic rings. The van der Waals surface area contributed by atoms with Crippen LogP contribution in [0.4, 0.5) is 5.69 Å². The summed E-state index contributed by atoms with van der Waals surface area (Å²) in [5.41, 5.74) is 5.87. The summed E-state index contributed by atoms with van der Waals surface area (Å²) in [6.07, 6.45) is 1.67. The van der Waals surface area contributed by atoms with Crippen molar-refractivity contribution >= 4 is 17.4 Å². The van der Waals surface area contributed by atoms with Crippen molar-refractivity contribution in [3.63, 3.8) is 0 Å². The minimum Gasteiger partial charge on any atom is -0.346 e. The highest BCUT2D eigenvalue weighted by molar-refractivity contribution is 5.99. The summed E-state index contributed by atoms with van der Waals surface area (Å²) >= 11 is 0. The van der Waals surface area contributed by atoms with Crippen molar-refractivity contribution in [2.75, 3.05) is 5.01 Å². The van der Waals surface area contributed by atoms with Gasteiger partial charge in [0.2, 0.25) is 0 Å². The fourth-order valence-corrected chi connectivity index (χ4v) is 2.73. The second-order valence-electron chi connectivity index (χ2n) is 6.13. The zero-order chi connectivity index (χ0) is 18.5. The SMILES string of the molecule is CC(=O)c1cc(C(=O)NN(Cc2ccccc2)c2ccccc2)n(C)c1. The van der Waals surface area contributed by atoms with E-state index < -0.39 is 0 Å². The molecule has 0 saturated carbocycles. The lowest BCUT2D eigenvalue weighted by Gasteiger charge is -2.25. The largest absolute Gasteiger partial charge is 0.346 e. The minimum absolute atomic E-state index is 0.0659. The number of hydrogen-bond donors (Lipinski definition) is 1. The Balaban J connectivity index is 1.85. The average Bonchev–Trinajstić information content (AvgIpc) is 3.05. The zero-order valence-electron chi connectivity index (χ0n) is 14.8. The molecule has 1 N–H and O–H groups in total. The third-order valence-electron chi connectivity index (χ3n) is 4.13. The Kier molecular flexibility index (Phi) is 5.17. The maximum Gasteiger partial charge on any atom is 0.286 e. The molecule has 26 heavy (non-hydrogen) atoms. The lowest BCUT2D eigenvalue weighted by Crippen LogP contribution is -2.42. The summed E-state index contributed by atoms with van der Waals surface area (Å²) < 4.78 is 1.66. The van der Waals surface area contributed by atoms with E-state index in [1.165, 1.54) is 6.92 Å². The first-order valence-electron chi connectivity index (χ1n) is 8.39. The number of carbonyl (C=O) groups is 2. The van der Waals surface area contributed by atoms with Gasteiger partial charge < -0.3 is 4.57 Å². The smallest absolute Gasteiger partial charge is 0.286 e. The van der Waals surface area contributed by atoms with Crippen LogP contribution >= 0.6 is 0 Å². The van der Waals surface area contributed by atoms with Crippen molar-refractivity contribution in [2.45, 2.75) is 13.5 Å². The topological polar surface area (TPSA) is 54.3 Å². The molecule has 5 nitrogen and oxygen atoms in total. The lowest BCUT2D eigenvalue weighted by atomic mass is 10.2. The van der Waals surface area contributed by atoms with Crippen LogP contribution in [0.5, 0.6) is 0 Å². The van der Waals surface area contributed by atoms with Gasteiger partial charge in [-0.1, -0.05) is 48.5 Å². The number of aryl methyl sites for hydroxylation is 1. The molecular weight excluding hydrogens is 326 g/mol. The predicted molar refractivity (Wildman–Crippen MR) is 102 cm³/mol. The number of carbonyl (C=O) groups excluding carboxylic acids is 2. The van der Waals surface area contributed by atoms with E-state index in [2.05, 4.69) is 5.43 Å². The highest BCUT2D eigenvalue weighted by Crippen LogP contribution is 2.16. The van der Waals surface area contributed by atoms with Crippen molar-refractivity contribution in [3.8, 4) is 0 Å². The number of hydrazine groups is 1. The van der Waals surface area contributed by atoms with Gasteiger partial charge in [0.15, 0.2) is 5.78 Å². The number of amides is 1. The summed E-state index contributed by atoms with van der Waals surface area (Å²) in [4.78, 5) is 24.4. The molecule has 1 aromatic heterocycles. The van der Waals surface area contributed by atoms with E-state index in [1.807, 2.05) is 60.7 Å². The van der Waals surface area contributed by atoms with E-state index in [4.69, 9.17) is 0 Å². The van der Waals surface area contributed by atoms with Gasteiger partial charge in [-0.25, -0.2) is 0 Å². The van der Waals surface area contributed by atoms with Crippen LogP contribution in [0.1, 0.15) is 33.3 Å². The number of Topliss-reactive ketones (excluding diaryl/α,β-unsaturated/α-hetero) is 1. The third kappa shape index (κ3) is 4.00. The van der Waals surface area contributed by atoms with Crippen LogP contribution in [0.3, 0.4) is 0 Å². The number of benzene rings is 2. The van der Waals surface area contributed by atoms with E-state index in [9.17, 15) is 9.59 Å². The van der Waals surface area contributed by atoms with Gasteiger partial charge in [-0.3, -0.25) is 20.0 Å². The second kappa shape index (κ2) is 7.70. The van der Waals surface area contributed by atoms with Gasteiger partial charge in [-0.15, -0.1) is 0 Å². The Hall–Kier alpha value is -3.34. The number of hydrogen-bond acceptors (Lipinski definition) is 3. The monoisotopic (exact) mass is 347 g/mol. The van der Waals surface area contributed by atoms with Crippen LogP contribution in [-0.4, -0.2) is 16.3 Å². The molecule has 0 aliphatic carbocycles. The van der Waals surface area contributed by atoms with Crippen LogP contribution in [0.25, 0.3) is 0 Å². The highest BCUT2D eigenvalue weighted by Gasteiger charge is 2.17. The predicted octanol–water partition coefficient (Wildman–Crippen LogP) is 3.58. The van der Waals surface area contributed by atoms with Crippen molar-refractivity contribution < 1.29 is 9.59 Å². The molecule has 0 atom stereocenters. The van der Waals surface area contributed by atoms with E-state index in [0.29, 0.717) is 17.8 Å². The Morgan fingerprint density at radius 2 is 1.62 bits per heavy atom. The molecule has 0 aliphatic heterocycles. The maximum atomic E-state index is 12.8. The minimum atomic E-state index is -0.264. The first kappa shape index (κ1) is 17.5. The zero-order valence-corrected chi connectivity index (χ0v) is 14.8. The van der Waals surface area contributed by atoms with Crippen LogP contribution in [-0.2, 0) is 13.6 Å². The quantitative estimate of drug-likeness (QED) is 0.548. The van der Waals surface area contributed by atoms with Gasteiger partial charge in [0.05, 0.1) is 12.2 Å². The standard InChI is InChI=1S/C21H21N3O2/c1-16(25)18-13-20(23(2)15-18)21(26)22-24(19-11-7-4-8-12-19)14-17-9-5-3-6-10-17/h3-13,15H,14H2,1-2H3,(H,22,26). The molecule has 0 saturated heterocycles. The fraction of sp³-hybridized carbons (Fsp3) is 0.143. The molecule has 132 valence electrons. The van der Waals surface area contributed by atoms with Gasteiger partial charge in [0.1, 0.15) is 5.69 Å². The number of anilines is 1. The lowest BCUT2D eigenvalue weighted by molar-refractivity contribution is 0.0939. The molecule has 0 spiro atoms. The van der Waals surface area contributed by atoms with E-state index >= 15 is 0 Å².